The van der Waals surface area contributed by atoms with Crippen LogP contribution < -0.4 is 36.3 Å². The van der Waals surface area contributed by atoms with Gasteiger partial charge < -0.3 is 50.5 Å². The third kappa shape index (κ3) is 20.2. The van der Waals surface area contributed by atoms with Crippen molar-refractivity contribution in [2.24, 2.45) is 11.5 Å². The molecule has 6 atom stereocenters. The molecule has 27 heteroatoms. The van der Waals surface area contributed by atoms with E-state index in [1.807, 2.05) is 0 Å². The predicted octanol–water partition coefficient (Wildman–Crippen LogP) is 8.93. The Morgan fingerprint density at radius 2 is 1.06 bits per heavy atom. The Hall–Kier alpha value is -4.02. The van der Waals surface area contributed by atoms with Crippen molar-refractivity contribution >= 4 is 78.1 Å². The number of likely N-dealkylation sites (tertiary alicyclic amines) is 2. The summed E-state index contributed by atoms with van der Waals surface area (Å²) in [4.78, 5) is 28.6. The molecule has 0 bridgehead atoms. The highest BCUT2D eigenvalue weighted by atomic mass is 35.5. The molecule has 0 saturated carbocycles. The monoisotopic (exact) mass is 1350 g/mol. The van der Waals surface area contributed by atoms with Crippen LogP contribution in [-0.2, 0) is 56.4 Å². The number of amides is 2. The molecule has 0 aromatic heterocycles. The smallest absolute Gasteiger partial charge is 0.314 e. The van der Waals surface area contributed by atoms with E-state index < -0.39 is 43.7 Å². The number of rotatable bonds is 35. The first-order valence-electron chi connectivity index (χ1n) is 30.2. The van der Waals surface area contributed by atoms with Gasteiger partial charge in [-0.05, 0) is 149 Å². The first-order chi connectivity index (χ1) is 42.3. The minimum absolute atomic E-state index is 0.00818. The number of ether oxygens (including phenoxy) is 6. The van der Waals surface area contributed by atoms with E-state index in [-0.39, 0.29) is 129 Å². The number of carbonyl (C=O) groups excluding carboxylic acids is 2. The molecule has 8 rings (SSSR count). The molecule has 4 aromatic rings. The number of unbranched alkanes of at least 4 members (excludes halogenated alkanes) is 2. The summed E-state index contributed by atoms with van der Waals surface area (Å²) in [5.41, 5.74) is 15.9. The third-order valence-corrected chi connectivity index (χ3v) is 20.5. The molecule has 7 N–H and O–H groups in total. The van der Waals surface area contributed by atoms with E-state index in [1.165, 1.54) is 24.3 Å². The minimum Gasteiger partial charge on any atom is -0.481 e. The van der Waals surface area contributed by atoms with E-state index in [0.717, 1.165) is 79.6 Å². The van der Waals surface area contributed by atoms with Gasteiger partial charge >= 0.3 is 6.03 Å². The summed E-state index contributed by atoms with van der Waals surface area (Å²) in [5, 5.41) is 7.40. The number of benzene rings is 4. The van der Waals surface area contributed by atoms with Crippen molar-refractivity contribution in [2.75, 3.05) is 104 Å². The average molecular weight is 1350 g/mol. The van der Waals surface area contributed by atoms with Crippen molar-refractivity contribution in [2.45, 2.75) is 130 Å². The van der Waals surface area contributed by atoms with Gasteiger partial charge in [-0.1, -0.05) is 52.8 Å². The molecule has 88 heavy (non-hydrogen) atoms. The largest absolute Gasteiger partial charge is 0.481 e. The minimum atomic E-state index is -4.07. The van der Waals surface area contributed by atoms with Crippen LogP contribution in [-0.4, -0.2) is 167 Å². The van der Waals surface area contributed by atoms with Gasteiger partial charge in [0.15, 0.2) is 33.0 Å². The van der Waals surface area contributed by atoms with E-state index in [2.05, 4.69) is 25.2 Å². The summed E-state index contributed by atoms with van der Waals surface area (Å²) < 4.78 is 121. The lowest BCUT2D eigenvalue weighted by molar-refractivity contribution is -0.119. The quantitative estimate of drug-likeness (QED) is 0.0270. The van der Waals surface area contributed by atoms with E-state index in [9.17, 15) is 26.4 Å². The number of fused-ring (bicyclic) bond motifs is 2. The van der Waals surface area contributed by atoms with Crippen molar-refractivity contribution in [3.8, 4) is 11.5 Å². The summed E-state index contributed by atoms with van der Waals surface area (Å²) in [5.74, 6) is -1.93. The zero-order valence-corrected chi connectivity index (χ0v) is 53.9. The normalized spacial score (nSPS) is 20.6. The number of hydrogen-bond acceptors (Lipinski definition) is 16. The molecule has 0 unspecified atom stereocenters. The number of sulfone groups is 1. The maximum absolute atomic E-state index is 15.6. The second-order valence-electron chi connectivity index (χ2n) is 22.7. The fourth-order valence-corrected chi connectivity index (χ4v) is 15.2. The number of hydrogen-bond donors (Lipinski definition) is 5. The Bertz CT molecular complexity index is 3010. The van der Waals surface area contributed by atoms with Crippen LogP contribution in [0.3, 0.4) is 0 Å². The molecule has 2 amide bonds. The molecule has 19 nitrogen and oxygen atoms in total. The molecule has 0 radical (unpaired) electrons. The van der Waals surface area contributed by atoms with Crippen molar-refractivity contribution in [3.63, 3.8) is 0 Å². The number of Topliss-reactive ketones (excluding diaryl/α,β-unsaturated/α-hetero) is 1. The maximum Gasteiger partial charge on any atom is 0.314 e. The van der Waals surface area contributed by atoms with Crippen LogP contribution in [0.15, 0.2) is 70.5 Å². The molecule has 2 aliphatic heterocycles. The van der Waals surface area contributed by atoms with E-state index >= 15 is 8.78 Å². The Balaban J connectivity index is 0.591. The fourth-order valence-electron chi connectivity index (χ4n) is 11.7. The molecule has 2 heterocycles. The van der Waals surface area contributed by atoms with Gasteiger partial charge in [-0.3, -0.25) is 14.6 Å². The van der Waals surface area contributed by atoms with Gasteiger partial charge in [0.1, 0.15) is 18.0 Å². The second-order valence-corrected chi connectivity index (χ2v) is 28.2. The van der Waals surface area contributed by atoms with Crippen molar-refractivity contribution in [1.29, 1.82) is 0 Å². The molecule has 2 saturated heterocycles. The van der Waals surface area contributed by atoms with E-state index in [0.29, 0.717) is 91.3 Å². The Kier molecular flexibility index (Phi) is 27.0. The van der Waals surface area contributed by atoms with Crippen molar-refractivity contribution in [3.05, 3.63) is 115 Å². The van der Waals surface area contributed by atoms with Crippen LogP contribution in [0, 0.1) is 11.6 Å². The van der Waals surface area contributed by atoms with Crippen LogP contribution in [0.1, 0.15) is 105 Å². The highest BCUT2D eigenvalue weighted by Gasteiger charge is 2.43. The topological polar surface area (TPSA) is 252 Å². The van der Waals surface area contributed by atoms with Crippen LogP contribution in [0.4, 0.5) is 13.6 Å². The Morgan fingerprint density at radius 3 is 1.60 bits per heavy atom. The number of piperidine rings is 2. The average Bonchev–Trinajstić information content (AvgIpc) is 2.17. The number of halogens is 6. The molecule has 4 aliphatic rings. The number of carbonyl (C=O) groups is 2. The van der Waals surface area contributed by atoms with Crippen LogP contribution >= 0.6 is 46.4 Å². The zero-order valence-electron chi connectivity index (χ0n) is 49.3. The maximum atomic E-state index is 15.6. The third-order valence-electron chi connectivity index (χ3n) is 16.1. The molecular formula is C61H81Cl4F2N7O12S2. The lowest BCUT2D eigenvalue weighted by Gasteiger charge is -2.38. The van der Waals surface area contributed by atoms with E-state index in [4.69, 9.17) is 86.3 Å². The predicted molar refractivity (Wildman–Crippen MR) is 334 cm³/mol. The summed E-state index contributed by atoms with van der Waals surface area (Å²) in [6, 6.07) is 13.5. The van der Waals surface area contributed by atoms with E-state index in [1.54, 1.807) is 24.3 Å². The highest BCUT2D eigenvalue weighted by Crippen LogP contribution is 2.45. The summed E-state index contributed by atoms with van der Waals surface area (Å²) in [6.07, 6.45) is 7.36. The number of ketones is 1. The number of sulfonamides is 1. The first kappa shape index (κ1) is 69.9. The standard InChI is InChI=1S/C61H81Cl4F2N7O12S2/c62-40-30-49-47(51(64)32-40)36-55(73-19-4-8-42(68)38-73)59(49)85-57-14-12-45(34-53(57)66)87(77,78)29-7-22-82-26-27-83-23-17-71-61(76)70-16-3-1-2-10-44(75)11-6-21-81-25-28-84-24-18-72-88(79,80)46-13-15-58(54(67)35-46)86-60-50-31-41(63)33-52(65)48(50)37-56(60)74-20-5-9-43(69)39-74/h12-15,30-35,42-43,55-56,59-60,72H,1-11,16-29,36-39,68-69H2,(H2,70,71,76)/t42-,43-,55+,56+,59+,60+/m1/s1. The molecule has 4 aromatic carbocycles. The van der Waals surface area contributed by atoms with Gasteiger partial charge in [-0.2, -0.15) is 0 Å². The van der Waals surface area contributed by atoms with Gasteiger partial charge in [0, 0.05) is 102 Å². The van der Waals surface area contributed by atoms with Crippen LogP contribution in [0.5, 0.6) is 11.5 Å². The lowest BCUT2D eigenvalue weighted by Crippen LogP contribution is -2.49. The summed E-state index contributed by atoms with van der Waals surface area (Å²) >= 11 is 25.9. The van der Waals surface area contributed by atoms with Crippen molar-refractivity contribution in [1.82, 2.24) is 25.2 Å². The number of nitrogens with zero attached hydrogens (tertiary/aromatic N) is 2. The molecular weight excluding hydrogens is 1270 g/mol. The second kappa shape index (κ2) is 34.0. The fraction of sp³-hybridized carbons (Fsp3) is 0.574. The SMILES string of the molecule is N[C@@H]1CCCN([C@H]2Cc3c(Cl)cc(Cl)cc3[C@@H]2Oc2ccc(S(=O)(=O)CCCOCCOCCNC(=O)NCCCCCC(=O)CCCOCCOCCNS(=O)(=O)c3ccc(O[C@H]4c5cc(Cl)cc(Cl)c5C[C@@H]4N4CCC[C@@H](N)C4)c(F)c3)cc2F)C1. The van der Waals surface area contributed by atoms with Gasteiger partial charge in [0.25, 0.3) is 0 Å². The molecule has 2 aliphatic carbocycles. The summed E-state index contributed by atoms with van der Waals surface area (Å²) in [6.45, 7) is 5.34. The van der Waals surface area contributed by atoms with Gasteiger partial charge in [-0.15, -0.1) is 0 Å². The molecule has 2 fully saturated rings. The Labute approximate surface area is 535 Å². The first-order valence-corrected chi connectivity index (χ1v) is 34.8. The number of urea groups is 1. The van der Waals surface area contributed by atoms with Crippen molar-refractivity contribution < 1.29 is 63.6 Å². The summed E-state index contributed by atoms with van der Waals surface area (Å²) in [7, 11) is -7.89. The van der Waals surface area contributed by atoms with Gasteiger partial charge in [0.2, 0.25) is 10.0 Å². The molecule has 486 valence electrons. The number of nitrogens with two attached hydrogens (primary N) is 2. The lowest BCUT2D eigenvalue weighted by atomic mass is 10.0. The van der Waals surface area contributed by atoms with Crippen LogP contribution in [0.2, 0.25) is 20.1 Å². The van der Waals surface area contributed by atoms with Gasteiger partial charge in [0.05, 0.1) is 67.3 Å². The number of nitrogens with one attached hydrogen (secondary N) is 3. The van der Waals surface area contributed by atoms with Gasteiger partial charge in [-0.25, -0.2) is 35.1 Å². The zero-order chi connectivity index (χ0) is 62.8. The highest BCUT2D eigenvalue weighted by molar-refractivity contribution is 7.91. The Morgan fingerprint density at radius 1 is 0.568 bits per heavy atom. The molecule has 0 spiro atoms. The van der Waals surface area contributed by atoms with Crippen LogP contribution in [0.25, 0.3) is 0 Å².